The van der Waals surface area contributed by atoms with Gasteiger partial charge < -0.3 is 5.11 Å². The SMILES string of the molecule is Cc1cccnc1CN(CCO)C1CCCCC1. The molecule has 1 aliphatic carbocycles. The molecule has 3 heteroatoms. The highest BCUT2D eigenvalue weighted by molar-refractivity contribution is 5.17. The number of aliphatic hydroxyl groups excluding tert-OH is 1. The van der Waals surface area contributed by atoms with Gasteiger partial charge in [-0.3, -0.25) is 9.88 Å². The summed E-state index contributed by atoms with van der Waals surface area (Å²) in [6, 6.07) is 4.73. The molecule has 100 valence electrons. The summed E-state index contributed by atoms with van der Waals surface area (Å²) in [4.78, 5) is 6.88. The molecule has 0 bridgehead atoms. The number of aromatic nitrogens is 1. The van der Waals surface area contributed by atoms with Gasteiger partial charge in [0.1, 0.15) is 0 Å². The zero-order valence-electron chi connectivity index (χ0n) is 11.3. The molecule has 0 spiro atoms. The Hall–Kier alpha value is -0.930. The number of aryl methyl sites for hydroxylation is 1. The molecule has 0 radical (unpaired) electrons. The van der Waals surface area contributed by atoms with Crippen LogP contribution < -0.4 is 0 Å². The van der Waals surface area contributed by atoms with Gasteiger partial charge in [-0.2, -0.15) is 0 Å². The fourth-order valence-corrected chi connectivity index (χ4v) is 2.84. The van der Waals surface area contributed by atoms with E-state index in [1.807, 2.05) is 12.3 Å². The minimum Gasteiger partial charge on any atom is -0.395 e. The van der Waals surface area contributed by atoms with E-state index in [1.165, 1.54) is 37.7 Å². The molecule has 1 heterocycles. The van der Waals surface area contributed by atoms with E-state index in [9.17, 15) is 5.11 Å². The predicted octanol–water partition coefficient (Wildman–Crippen LogP) is 2.52. The van der Waals surface area contributed by atoms with Crippen molar-refractivity contribution in [3.05, 3.63) is 29.6 Å². The number of aliphatic hydroxyl groups is 1. The van der Waals surface area contributed by atoms with E-state index in [-0.39, 0.29) is 6.61 Å². The average Bonchev–Trinajstić information content (AvgIpc) is 2.42. The minimum atomic E-state index is 0.238. The van der Waals surface area contributed by atoms with Gasteiger partial charge in [-0.1, -0.05) is 25.3 Å². The van der Waals surface area contributed by atoms with E-state index in [1.54, 1.807) is 0 Å². The minimum absolute atomic E-state index is 0.238. The van der Waals surface area contributed by atoms with Crippen molar-refractivity contribution in [2.24, 2.45) is 0 Å². The predicted molar refractivity (Wildman–Crippen MR) is 73.3 cm³/mol. The number of hydrogen-bond acceptors (Lipinski definition) is 3. The van der Waals surface area contributed by atoms with Crippen molar-refractivity contribution >= 4 is 0 Å². The fourth-order valence-electron chi connectivity index (χ4n) is 2.84. The van der Waals surface area contributed by atoms with Crippen molar-refractivity contribution in [3.8, 4) is 0 Å². The maximum absolute atomic E-state index is 9.25. The molecule has 3 nitrogen and oxygen atoms in total. The van der Waals surface area contributed by atoms with Crippen LogP contribution in [0.1, 0.15) is 43.4 Å². The molecule has 0 atom stereocenters. The highest BCUT2D eigenvalue weighted by Gasteiger charge is 2.21. The Bertz CT molecular complexity index is 361. The molecule has 1 fully saturated rings. The Morgan fingerprint density at radius 1 is 1.33 bits per heavy atom. The normalized spacial score (nSPS) is 17.3. The standard InChI is InChI=1S/C15H24N2O/c1-13-6-5-9-16-15(13)12-17(10-11-18)14-7-3-2-4-8-14/h5-6,9,14,18H,2-4,7-8,10-12H2,1H3. The molecule has 2 rings (SSSR count). The summed E-state index contributed by atoms with van der Waals surface area (Å²) < 4.78 is 0. The maximum Gasteiger partial charge on any atom is 0.0573 e. The van der Waals surface area contributed by atoms with Gasteiger partial charge in [0.15, 0.2) is 0 Å². The van der Waals surface area contributed by atoms with Crippen LogP contribution in [0.4, 0.5) is 0 Å². The van der Waals surface area contributed by atoms with Crippen LogP contribution >= 0.6 is 0 Å². The van der Waals surface area contributed by atoms with Crippen LogP contribution in [0.5, 0.6) is 0 Å². The highest BCUT2D eigenvalue weighted by Crippen LogP contribution is 2.24. The number of hydrogen-bond donors (Lipinski definition) is 1. The van der Waals surface area contributed by atoms with Gasteiger partial charge in [-0.25, -0.2) is 0 Å². The van der Waals surface area contributed by atoms with Crippen LogP contribution in [0.15, 0.2) is 18.3 Å². The lowest BCUT2D eigenvalue weighted by molar-refractivity contribution is 0.115. The lowest BCUT2D eigenvalue weighted by Gasteiger charge is -2.34. The molecule has 1 aromatic heterocycles. The molecular formula is C15H24N2O. The van der Waals surface area contributed by atoms with Gasteiger partial charge in [-0.05, 0) is 31.4 Å². The van der Waals surface area contributed by atoms with Gasteiger partial charge in [0.25, 0.3) is 0 Å². The van der Waals surface area contributed by atoms with Crippen molar-refractivity contribution in [3.63, 3.8) is 0 Å². The summed E-state index contributed by atoms with van der Waals surface area (Å²) in [7, 11) is 0. The van der Waals surface area contributed by atoms with Crippen molar-refractivity contribution in [1.82, 2.24) is 9.88 Å². The Morgan fingerprint density at radius 3 is 2.78 bits per heavy atom. The quantitative estimate of drug-likeness (QED) is 0.870. The second-order valence-electron chi connectivity index (χ2n) is 5.25. The third-order valence-corrected chi connectivity index (χ3v) is 3.95. The summed E-state index contributed by atoms with van der Waals surface area (Å²) in [5, 5.41) is 9.25. The van der Waals surface area contributed by atoms with Crippen LogP contribution in [-0.2, 0) is 6.54 Å². The first-order chi connectivity index (χ1) is 8.81. The average molecular weight is 248 g/mol. The lowest BCUT2D eigenvalue weighted by atomic mass is 9.94. The number of pyridine rings is 1. The Labute approximate surface area is 110 Å². The molecule has 0 aromatic carbocycles. The third kappa shape index (κ3) is 3.53. The van der Waals surface area contributed by atoms with E-state index in [4.69, 9.17) is 0 Å². The van der Waals surface area contributed by atoms with E-state index >= 15 is 0 Å². The first kappa shape index (κ1) is 13.5. The van der Waals surface area contributed by atoms with Crippen LogP contribution in [-0.4, -0.2) is 34.2 Å². The molecular weight excluding hydrogens is 224 g/mol. The van der Waals surface area contributed by atoms with Gasteiger partial charge >= 0.3 is 0 Å². The topological polar surface area (TPSA) is 36.4 Å². The number of rotatable bonds is 5. The fraction of sp³-hybridized carbons (Fsp3) is 0.667. The molecule has 0 saturated heterocycles. The van der Waals surface area contributed by atoms with E-state index in [0.717, 1.165) is 18.8 Å². The van der Waals surface area contributed by atoms with Gasteiger partial charge in [0.2, 0.25) is 0 Å². The second-order valence-corrected chi connectivity index (χ2v) is 5.25. The summed E-state index contributed by atoms with van der Waals surface area (Å²) in [5.41, 5.74) is 2.40. The van der Waals surface area contributed by atoms with Gasteiger partial charge in [-0.15, -0.1) is 0 Å². The Balaban J connectivity index is 2.03. The molecule has 1 saturated carbocycles. The maximum atomic E-state index is 9.25. The van der Waals surface area contributed by atoms with Crippen LogP contribution in [0.2, 0.25) is 0 Å². The molecule has 0 unspecified atom stereocenters. The molecule has 1 aromatic rings. The van der Waals surface area contributed by atoms with Crippen LogP contribution in [0, 0.1) is 6.92 Å². The van der Waals surface area contributed by atoms with E-state index < -0.39 is 0 Å². The third-order valence-electron chi connectivity index (χ3n) is 3.95. The lowest BCUT2D eigenvalue weighted by Crippen LogP contribution is -2.38. The van der Waals surface area contributed by atoms with Crippen LogP contribution in [0.25, 0.3) is 0 Å². The number of nitrogens with zero attached hydrogens (tertiary/aromatic N) is 2. The van der Waals surface area contributed by atoms with Crippen molar-refractivity contribution in [2.45, 2.75) is 51.6 Å². The summed E-state index contributed by atoms with van der Waals surface area (Å²) in [6.07, 6.45) is 8.42. The summed E-state index contributed by atoms with van der Waals surface area (Å²) >= 11 is 0. The molecule has 1 aliphatic rings. The van der Waals surface area contributed by atoms with Crippen molar-refractivity contribution in [2.75, 3.05) is 13.2 Å². The first-order valence-corrected chi connectivity index (χ1v) is 7.06. The second kappa shape index (κ2) is 6.86. The van der Waals surface area contributed by atoms with E-state index in [2.05, 4.69) is 22.9 Å². The largest absolute Gasteiger partial charge is 0.395 e. The Kier molecular flexibility index (Phi) is 5.14. The van der Waals surface area contributed by atoms with Gasteiger partial charge in [0.05, 0.1) is 12.3 Å². The van der Waals surface area contributed by atoms with Gasteiger partial charge in [0, 0.05) is 25.3 Å². The summed E-state index contributed by atoms with van der Waals surface area (Å²) in [5.74, 6) is 0. The first-order valence-electron chi connectivity index (χ1n) is 7.06. The monoisotopic (exact) mass is 248 g/mol. The highest BCUT2D eigenvalue weighted by atomic mass is 16.3. The molecule has 18 heavy (non-hydrogen) atoms. The van der Waals surface area contributed by atoms with E-state index in [0.29, 0.717) is 6.04 Å². The zero-order valence-corrected chi connectivity index (χ0v) is 11.3. The smallest absolute Gasteiger partial charge is 0.0573 e. The van der Waals surface area contributed by atoms with Crippen molar-refractivity contribution in [1.29, 1.82) is 0 Å². The van der Waals surface area contributed by atoms with Crippen molar-refractivity contribution < 1.29 is 5.11 Å². The molecule has 0 aliphatic heterocycles. The molecule has 1 N–H and O–H groups in total. The summed E-state index contributed by atoms with van der Waals surface area (Å²) in [6.45, 7) is 3.99. The zero-order chi connectivity index (χ0) is 12.8. The Morgan fingerprint density at radius 2 is 2.11 bits per heavy atom. The molecule has 0 amide bonds. The van der Waals surface area contributed by atoms with Crippen LogP contribution in [0.3, 0.4) is 0 Å².